The number of rotatable bonds is 2. The Morgan fingerprint density at radius 2 is 1.56 bits per heavy atom. The normalized spacial score (nSPS) is 22.9. The first-order chi connectivity index (χ1) is 4.33. The molecule has 0 atom stereocenters. The second-order valence-electron chi connectivity index (χ2n) is 2.81. The first-order valence-electron chi connectivity index (χ1n) is 3.83. The minimum absolute atomic E-state index is 0.420. The highest BCUT2D eigenvalue weighted by Gasteiger charge is 2.33. The van der Waals surface area contributed by atoms with E-state index in [0.717, 1.165) is 0 Å². The van der Waals surface area contributed by atoms with Gasteiger partial charge in [0, 0.05) is 7.26 Å². The third kappa shape index (κ3) is 1.35. The average molecular weight is 143 g/mol. The van der Waals surface area contributed by atoms with Crippen LogP contribution in [0.1, 0.15) is 13.8 Å². The molecule has 0 spiro atoms. The molecule has 0 unspecified atom stereocenters. The van der Waals surface area contributed by atoms with Crippen LogP contribution >= 0.6 is 7.26 Å². The van der Waals surface area contributed by atoms with Gasteiger partial charge in [0.05, 0.1) is 24.6 Å². The standard InChI is InChI=1S/C8H16P/c1-3-9(4-2)7-5-6-8-9/h5-6H,3-4,7-8H2,1-2H3/q+1. The van der Waals surface area contributed by atoms with Gasteiger partial charge in [0.15, 0.2) is 0 Å². The zero-order chi connectivity index (χ0) is 6.74. The minimum atomic E-state index is -0.420. The summed E-state index contributed by atoms with van der Waals surface area (Å²) in [7, 11) is -0.420. The van der Waals surface area contributed by atoms with E-state index in [1.165, 1.54) is 24.6 Å². The molecule has 9 heavy (non-hydrogen) atoms. The fraction of sp³-hybridized carbons (Fsp3) is 0.750. The molecule has 0 aromatic carbocycles. The van der Waals surface area contributed by atoms with Crippen LogP contribution < -0.4 is 0 Å². The molecule has 1 heteroatoms. The third-order valence-corrected chi connectivity index (χ3v) is 7.15. The first kappa shape index (κ1) is 7.28. The van der Waals surface area contributed by atoms with E-state index in [1.54, 1.807) is 0 Å². The molecule has 1 rings (SSSR count). The molecule has 0 saturated heterocycles. The first-order valence-corrected chi connectivity index (χ1v) is 6.36. The molecule has 0 radical (unpaired) electrons. The van der Waals surface area contributed by atoms with Gasteiger partial charge < -0.3 is 0 Å². The minimum Gasteiger partial charge on any atom is -0.0481 e. The van der Waals surface area contributed by atoms with Crippen LogP contribution in [0.5, 0.6) is 0 Å². The van der Waals surface area contributed by atoms with Crippen LogP contribution in [0.2, 0.25) is 0 Å². The van der Waals surface area contributed by atoms with Crippen LogP contribution in [0.4, 0.5) is 0 Å². The van der Waals surface area contributed by atoms with Crippen LogP contribution in [-0.2, 0) is 0 Å². The van der Waals surface area contributed by atoms with Crippen molar-refractivity contribution in [2.75, 3.05) is 24.6 Å². The molecule has 0 saturated carbocycles. The Hall–Kier alpha value is 0.170. The van der Waals surface area contributed by atoms with Gasteiger partial charge in [-0.2, -0.15) is 0 Å². The van der Waals surface area contributed by atoms with Crippen molar-refractivity contribution in [3.05, 3.63) is 12.2 Å². The van der Waals surface area contributed by atoms with E-state index in [0.29, 0.717) is 0 Å². The molecule has 0 aliphatic carbocycles. The van der Waals surface area contributed by atoms with Gasteiger partial charge in [-0.15, -0.1) is 0 Å². The summed E-state index contributed by atoms with van der Waals surface area (Å²) >= 11 is 0. The molecule has 0 N–H and O–H groups in total. The second kappa shape index (κ2) is 2.84. The smallest absolute Gasteiger partial charge is 0.0481 e. The molecule has 0 aromatic heterocycles. The summed E-state index contributed by atoms with van der Waals surface area (Å²) < 4.78 is 0. The van der Waals surface area contributed by atoms with Crippen LogP contribution in [0.3, 0.4) is 0 Å². The summed E-state index contributed by atoms with van der Waals surface area (Å²) in [5.41, 5.74) is 0. The SMILES string of the molecule is CC[P+]1(CC)CC=CC1. The van der Waals surface area contributed by atoms with Crippen molar-refractivity contribution in [3.8, 4) is 0 Å². The zero-order valence-electron chi connectivity index (χ0n) is 6.43. The van der Waals surface area contributed by atoms with Gasteiger partial charge in [-0.1, -0.05) is 0 Å². The summed E-state index contributed by atoms with van der Waals surface area (Å²) in [6, 6.07) is 0. The predicted octanol–water partition coefficient (Wildman–Crippen LogP) is 2.61. The Balaban J connectivity index is 2.50. The van der Waals surface area contributed by atoms with E-state index in [4.69, 9.17) is 0 Å². The highest BCUT2D eigenvalue weighted by molar-refractivity contribution is 7.76. The fourth-order valence-corrected chi connectivity index (χ4v) is 4.23. The maximum atomic E-state index is 2.38. The van der Waals surface area contributed by atoms with Gasteiger partial charge in [-0.25, -0.2) is 0 Å². The van der Waals surface area contributed by atoms with E-state index in [9.17, 15) is 0 Å². The van der Waals surface area contributed by atoms with Crippen molar-refractivity contribution in [1.82, 2.24) is 0 Å². The van der Waals surface area contributed by atoms with Gasteiger partial charge in [0.2, 0.25) is 0 Å². The van der Waals surface area contributed by atoms with Crippen molar-refractivity contribution in [1.29, 1.82) is 0 Å². The monoisotopic (exact) mass is 143 g/mol. The lowest BCUT2D eigenvalue weighted by atomic mass is 10.6. The highest BCUT2D eigenvalue weighted by atomic mass is 31.2. The van der Waals surface area contributed by atoms with Gasteiger partial charge in [-0.3, -0.25) is 0 Å². The van der Waals surface area contributed by atoms with Gasteiger partial charge in [-0.05, 0) is 26.0 Å². The number of hydrogen-bond acceptors (Lipinski definition) is 0. The number of allylic oxidation sites excluding steroid dienone is 2. The fourth-order valence-electron chi connectivity index (χ4n) is 1.41. The van der Waals surface area contributed by atoms with Gasteiger partial charge in [0.25, 0.3) is 0 Å². The van der Waals surface area contributed by atoms with Crippen molar-refractivity contribution >= 4 is 7.26 Å². The van der Waals surface area contributed by atoms with Crippen LogP contribution in [0.25, 0.3) is 0 Å². The van der Waals surface area contributed by atoms with Crippen molar-refractivity contribution < 1.29 is 0 Å². The largest absolute Gasteiger partial charge is 0.0777 e. The summed E-state index contributed by atoms with van der Waals surface area (Å²) in [5, 5.41) is 0. The third-order valence-electron chi connectivity index (χ3n) is 2.49. The highest BCUT2D eigenvalue weighted by Crippen LogP contribution is 2.60. The van der Waals surface area contributed by atoms with Gasteiger partial charge in [0.1, 0.15) is 0 Å². The van der Waals surface area contributed by atoms with Crippen LogP contribution in [0.15, 0.2) is 12.2 Å². The van der Waals surface area contributed by atoms with E-state index >= 15 is 0 Å². The van der Waals surface area contributed by atoms with Crippen molar-refractivity contribution in [2.24, 2.45) is 0 Å². The molecule has 0 fully saturated rings. The molecule has 0 amide bonds. The van der Waals surface area contributed by atoms with Crippen molar-refractivity contribution in [3.63, 3.8) is 0 Å². The lowest BCUT2D eigenvalue weighted by Crippen LogP contribution is -2.01. The summed E-state index contributed by atoms with van der Waals surface area (Å²) in [6.45, 7) is 4.70. The number of hydrogen-bond donors (Lipinski definition) is 0. The average Bonchev–Trinajstić information content (AvgIpc) is 2.36. The predicted molar refractivity (Wildman–Crippen MR) is 46.9 cm³/mol. The summed E-state index contributed by atoms with van der Waals surface area (Å²) in [5.74, 6) is 0. The van der Waals surface area contributed by atoms with E-state index in [1.807, 2.05) is 0 Å². The molecule has 1 aliphatic rings. The Labute approximate surface area is 58.7 Å². The Bertz CT molecular complexity index is 102. The Kier molecular flexibility index (Phi) is 2.29. The Morgan fingerprint density at radius 3 is 1.78 bits per heavy atom. The second-order valence-corrected chi connectivity index (χ2v) is 7.49. The maximum absolute atomic E-state index is 2.38. The topological polar surface area (TPSA) is 0 Å². The molecular formula is C8H16P+. The van der Waals surface area contributed by atoms with E-state index in [-0.39, 0.29) is 0 Å². The lowest BCUT2D eigenvalue weighted by Gasteiger charge is -2.17. The summed E-state index contributed by atoms with van der Waals surface area (Å²) in [6.07, 6.45) is 10.5. The van der Waals surface area contributed by atoms with Crippen molar-refractivity contribution in [2.45, 2.75) is 13.8 Å². The molecular weight excluding hydrogens is 127 g/mol. The zero-order valence-corrected chi connectivity index (χ0v) is 7.32. The van der Waals surface area contributed by atoms with E-state index in [2.05, 4.69) is 26.0 Å². The van der Waals surface area contributed by atoms with E-state index < -0.39 is 7.26 Å². The molecule has 0 bridgehead atoms. The molecule has 1 aliphatic heterocycles. The van der Waals surface area contributed by atoms with Crippen LogP contribution in [0, 0.1) is 0 Å². The quantitative estimate of drug-likeness (QED) is 0.411. The lowest BCUT2D eigenvalue weighted by molar-refractivity contribution is 1.35. The molecule has 1 heterocycles. The van der Waals surface area contributed by atoms with Gasteiger partial charge >= 0.3 is 0 Å². The maximum Gasteiger partial charge on any atom is 0.0777 e. The molecule has 0 aromatic rings. The molecule has 0 nitrogen and oxygen atoms in total. The molecule has 52 valence electrons. The van der Waals surface area contributed by atoms with Crippen LogP contribution in [-0.4, -0.2) is 24.6 Å². The Morgan fingerprint density at radius 1 is 1.11 bits per heavy atom. The summed E-state index contributed by atoms with van der Waals surface area (Å²) in [4.78, 5) is 0.